The van der Waals surface area contributed by atoms with Gasteiger partial charge in [-0.2, -0.15) is 0 Å². The molecule has 0 unspecified atom stereocenters. The average Bonchev–Trinajstić information content (AvgIpc) is 1.68. The van der Waals surface area contributed by atoms with Gasteiger partial charge in [0.1, 0.15) is 0 Å². The molecule has 0 heterocycles. The second-order valence-corrected chi connectivity index (χ2v) is 1.48. The highest BCUT2D eigenvalue weighted by molar-refractivity contribution is 5.02. The first-order valence-corrected chi connectivity index (χ1v) is 2.29. The highest BCUT2D eigenvalue weighted by Gasteiger charge is 1.87. The molecule has 0 atom stereocenters. The van der Waals surface area contributed by atoms with Crippen molar-refractivity contribution in [1.82, 2.24) is 0 Å². The van der Waals surface area contributed by atoms with Crippen LogP contribution in [0.2, 0.25) is 0 Å². The highest BCUT2D eigenvalue weighted by Crippen LogP contribution is 1.89. The fraction of sp³-hybridized carbons (Fsp3) is 0.500. The van der Waals surface area contributed by atoms with Gasteiger partial charge in [0.05, 0.1) is 0 Å². The molecule has 0 fully saturated rings. The number of hydrogen-bond donors (Lipinski definition) is 0. The Hall–Kier alpha value is -0.770. The molecule has 0 saturated heterocycles. The van der Waals surface area contributed by atoms with Crippen LogP contribution < -0.4 is 0 Å². The van der Waals surface area contributed by atoms with E-state index in [4.69, 9.17) is 6.57 Å². The van der Waals surface area contributed by atoms with Crippen molar-refractivity contribution in [3.63, 3.8) is 0 Å². The van der Waals surface area contributed by atoms with Crippen molar-refractivity contribution in [3.8, 4) is 6.57 Å². The molecule has 0 aliphatic rings. The van der Waals surface area contributed by atoms with E-state index >= 15 is 0 Å². The zero-order chi connectivity index (χ0) is 5.70. The third kappa shape index (κ3) is 3.05. The molecule has 0 N–H and O–H groups in total. The lowest BCUT2D eigenvalue weighted by molar-refractivity contribution is 1.29. The largest absolute Gasteiger partial charge is 0.284 e. The fourth-order valence-corrected chi connectivity index (χ4v) is 0.235. The number of rotatable bonds is 1. The van der Waals surface area contributed by atoms with Crippen LogP contribution in [0.5, 0.6) is 0 Å². The summed E-state index contributed by atoms with van der Waals surface area (Å²) in [5, 5.41) is 0. The third-order valence-electron chi connectivity index (χ3n) is 0.833. The summed E-state index contributed by atoms with van der Waals surface area (Å²) >= 11 is 0. The lowest BCUT2D eigenvalue weighted by Crippen LogP contribution is -1.74. The SMILES string of the molecule is C#[N+]C/C(C)=C\C. The van der Waals surface area contributed by atoms with E-state index in [2.05, 4.69) is 4.85 Å². The quantitative estimate of drug-likeness (QED) is 0.439. The lowest BCUT2D eigenvalue weighted by Gasteiger charge is -1.76. The summed E-state index contributed by atoms with van der Waals surface area (Å²) in [7, 11) is 0. The zero-order valence-electron chi connectivity index (χ0n) is 4.81. The van der Waals surface area contributed by atoms with Crippen LogP contribution in [0.1, 0.15) is 13.8 Å². The molecule has 0 radical (unpaired) electrons. The van der Waals surface area contributed by atoms with Gasteiger partial charge in [-0.05, 0) is 13.8 Å². The first-order chi connectivity index (χ1) is 3.31. The van der Waals surface area contributed by atoms with E-state index in [1.807, 2.05) is 19.9 Å². The smallest absolute Gasteiger partial charge is 0.0821 e. The molecular weight excluding hydrogens is 86.1 g/mol. The zero-order valence-corrected chi connectivity index (χ0v) is 4.81. The maximum atomic E-state index is 4.89. The molecule has 0 aromatic rings. The van der Waals surface area contributed by atoms with Crippen molar-refractivity contribution in [1.29, 1.82) is 0 Å². The summed E-state index contributed by atoms with van der Waals surface area (Å²) in [6.45, 7) is 9.52. The Morgan fingerprint density at radius 1 is 1.86 bits per heavy atom. The molecule has 0 bridgehead atoms. The lowest BCUT2D eigenvalue weighted by atomic mass is 10.3. The van der Waals surface area contributed by atoms with E-state index in [9.17, 15) is 0 Å². The molecule has 0 aromatic heterocycles. The Labute approximate surface area is 44.5 Å². The molecule has 38 valence electrons. The molecule has 0 aromatic carbocycles. The third-order valence-corrected chi connectivity index (χ3v) is 0.833. The summed E-state index contributed by atoms with van der Waals surface area (Å²) in [6.07, 6.45) is 2.00. The van der Waals surface area contributed by atoms with Crippen molar-refractivity contribution in [2.45, 2.75) is 13.8 Å². The van der Waals surface area contributed by atoms with Gasteiger partial charge in [0, 0.05) is 5.57 Å². The second-order valence-electron chi connectivity index (χ2n) is 1.48. The molecule has 0 rings (SSSR count). The summed E-state index contributed by atoms with van der Waals surface area (Å²) in [4.78, 5) is 3.44. The predicted octanol–water partition coefficient (Wildman–Crippen LogP) is 1.92. The van der Waals surface area contributed by atoms with Crippen LogP contribution in [0.3, 0.4) is 0 Å². The Morgan fingerprint density at radius 2 is 2.43 bits per heavy atom. The molecule has 1 heteroatoms. The summed E-state index contributed by atoms with van der Waals surface area (Å²) in [5.41, 5.74) is 1.21. The van der Waals surface area contributed by atoms with Gasteiger partial charge < -0.3 is 0 Å². The van der Waals surface area contributed by atoms with Crippen molar-refractivity contribution in [3.05, 3.63) is 16.5 Å². The second kappa shape index (κ2) is 3.42. The number of hydrogen-bond acceptors (Lipinski definition) is 0. The Bertz CT molecular complexity index is 106. The summed E-state index contributed by atoms with van der Waals surface area (Å²) < 4.78 is 0. The summed E-state index contributed by atoms with van der Waals surface area (Å²) in [6, 6.07) is 0. The Morgan fingerprint density at radius 3 is 2.57 bits per heavy atom. The minimum atomic E-state index is 0.663. The maximum absolute atomic E-state index is 4.89. The molecule has 0 aliphatic carbocycles. The Kier molecular flexibility index (Phi) is 3.04. The van der Waals surface area contributed by atoms with Crippen molar-refractivity contribution < 1.29 is 0 Å². The van der Waals surface area contributed by atoms with E-state index in [1.165, 1.54) is 5.57 Å². The normalized spacial score (nSPS) is 10.7. The van der Waals surface area contributed by atoms with E-state index in [0.717, 1.165) is 0 Å². The van der Waals surface area contributed by atoms with Gasteiger partial charge in [-0.25, -0.2) is 0 Å². The highest BCUT2D eigenvalue weighted by atomic mass is 14.6. The van der Waals surface area contributed by atoms with Crippen LogP contribution in [0.4, 0.5) is 0 Å². The number of allylic oxidation sites excluding steroid dienone is 1. The molecule has 7 heavy (non-hydrogen) atoms. The monoisotopic (exact) mass is 96.1 g/mol. The van der Waals surface area contributed by atoms with Crippen LogP contribution in [0.15, 0.2) is 11.6 Å². The molecule has 0 saturated carbocycles. The first kappa shape index (κ1) is 6.23. The fourth-order valence-electron chi connectivity index (χ4n) is 0.235. The molecular formula is C6H10N+. The Balaban J connectivity index is 3.43. The summed E-state index contributed by atoms with van der Waals surface area (Å²) in [5.74, 6) is 0. The topological polar surface area (TPSA) is 4.36 Å². The van der Waals surface area contributed by atoms with Gasteiger partial charge >= 0.3 is 0 Å². The maximum Gasteiger partial charge on any atom is 0.284 e. The van der Waals surface area contributed by atoms with E-state index in [-0.39, 0.29) is 0 Å². The van der Waals surface area contributed by atoms with Crippen LogP contribution >= 0.6 is 0 Å². The van der Waals surface area contributed by atoms with Gasteiger partial charge in [0.15, 0.2) is 0 Å². The minimum absolute atomic E-state index is 0.663. The minimum Gasteiger partial charge on any atom is -0.0821 e. The van der Waals surface area contributed by atoms with Crippen LogP contribution in [0.25, 0.3) is 4.85 Å². The van der Waals surface area contributed by atoms with Crippen LogP contribution in [0, 0.1) is 6.57 Å². The van der Waals surface area contributed by atoms with Gasteiger partial charge in [0.2, 0.25) is 0 Å². The van der Waals surface area contributed by atoms with E-state index in [1.54, 1.807) is 0 Å². The average molecular weight is 96.2 g/mol. The van der Waals surface area contributed by atoms with Gasteiger partial charge in [-0.1, -0.05) is 10.9 Å². The molecule has 0 amide bonds. The predicted molar refractivity (Wildman–Crippen MR) is 32.6 cm³/mol. The van der Waals surface area contributed by atoms with Crippen LogP contribution in [-0.4, -0.2) is 6.54 Å². The van der Waals surface area contributed by atoms with Crippen molar-refractivity contribution in [2.24, 2.45) is 0 Å². The molecule has 0 aliphatic heterocycles. The first-order valence-electron chi connectivity index (χ1n) is 2.29. The number of nitrogens with zero attached hydrogens (tertiary/aromatic N) is 1. The molecule has 0 spiro atoms. The standard InChI is InChI=1S/C6H10N/c1-4-6(2)5-7-3/h3-4H,5H2,1-2H3/q+1/b6-4-. The molecule has 1 nitrogen and oxygen atoms in total. The van der Waals surface area contributed by atoms with Gasteiger partial charge in [-0.15, -0.1) is 0 Å². The van der Waals surface area contributed by atoms with Gasteiger partial charge in [-0.3, -0.25) is 0 Å². The van der Waals surface area contributed by atoms with Crippen molar-refractivity contribution in [2.75, 3.05) is 6.54 Å². The van der Waals surface area contributed by atoms with Crippen LogP contribution in [-0.2, 0) is 0 Å². The van der Waals surface area contributed by atoms with E-state index < -0.39 is 0 Å². The van der Waals surface area contributed by atoms with Crippen molar-refractivity contribution >= 4 is 0 Å². The van der Waals surface area contributed by atoms with Gasteiger partial charge in [0.25, 0.3) is 13.1 Å². The van der Waals surface area contributed by atoms with E-state index in [0.29, 0.717) is 6.54 Å².